The third-order valence-electron chi connectivity index (χ3n) is 3.98. The van der Waals surface area contributed by atoms with Gasteiger partial charge >= 0.3 is 0 Å². The molecule has 0 heterocycles. The van der Waals surface area contributed by atoms with Gasteiger partial charge in [0.05, 0.1) is 6.10 Å². The smallest absolute Gasteiger partial charge is 0.0590 e. The van der Waals surface area contributed by atoms with Gasteiger partial charge in [0, 0.05) is 12.6 Å². The van der Waals surface area contributed by atoms with Gasteiger partial charge < -0.3 is 10.1 Å². The van der Waals surface area contributed by atoms with E-state index in [0.29, 0.717) is 6.10 Å². The molecule has 2 heteroatoms. The van der Waals surface area contributed by atoms with E-state index >= 15 is 0 Å². The number of nitrogens with one attached hydrogen (secondary N) is 1. The standard InChI is InChI=1S/C13H25NO/c1-2-14-12-6-7-13(10-12)15-9-8-11-4-3-5-11/h11-14H,2-10H2,1H3. The maximum atomic E-state index is 5.95. The molecule has 2 rings (SSSR count). The van der Waals surface area contributed by atoms with E-state index in [4.69, 9.17) is 4.74 Å². The Morgan fingerprint density at radius 2 is 2.07 bits per heavy atom. The summed E-state index contributed by atoms with van der Waals surface area (Å²) >= 11 is 0. The van der Waals surface area contributed by atoms with Crippen LogP contribution in [0.15, 0.2) is 0 Å². The van der Waals surface area contributed by atoms with E-state index in [0.717, 1.165) is 25.1 Å². The van der Waals surface area contributed by atoms with Crippen molar-refractivity contribution in [3.8, 4) is 0 Å². The summed E-state index contributed by atoms with van der Waals surface area (Å²) in [6.07, 6.45) is 10.0. The number of ether oxygens (including phenoxy) is 1. The van der Waals surface area contributed by atoms with Gasteiger partial charge in [0.1, 0.15) is 0 Å². The Kier molecular flexibility index (Phi) is 4.45. The highest BCUT2D eigenvalue weighted by atomic mass is 16.5. The molecular formula is C13H25NO. The maximum absolute atomic E-state index is 5.95. The van der Waals surface area contributed by atoms with E-state index in [1.807, 2.05) is 0 Å². The summed E-state index contributed by atoms with van der Waals surface area (Å²) in [7, 11) is 0. The summed E-state index contributed by atoms with van der Waals surface area (Å²) in [5.41, 5.74) is 0. The molecule has 0 bridgehead atoms. The molecule has 2 aliphatic rings. The lowest BCUT2D eigenvalue weighted by Gasteiger charge is -2.25. The van der Waals surface area contributed by atoms with Gasteiger partial charge in [-0.1, -0.05) is 26.2 Å². The first kappa shape index (κ1) is 11.4. The molecule has 2 nitrogen and oxygen atoms in total. The van der Waals surface area contributed by atoms with E-state index < -0.39 is 0 Å². The van der Waals surface area contributed by atoms with Crippen molar-refractivity contribution < 1.29 is 4.74 Å². The lowest BCUT2D eigenvalue weighted by atomic mass is 9.83. The van der Waals surface area contributed by atoms with Gasteiger partial charge in [-0.3, -0.25) is 0 Å². The number of rotatable bonds is 6. The van der Waals surface area contributed by atoms with Crippen LogP contribution < -0.4 is 5.32 Å². The van der Waals surface area contributed by atoms with Crippen LogP contribution in [0.5, 0.6) is 0 Å². The van der Waals surface area contributed by atoms with Crippen molar-refractivity contribution in [3.05, 3.63) is 0 Å². The second kappa shape index (κ2) is 5.86. The van der Waals surface area contributed by atoms with Gasteiger partial charge in [-0.05, 0) is 38.1 Å². The van der Waals surface area contributed by atoms with Crippen molar-refractivity contribution in [1.29, 1.82) is 0 Å². The average molecular weight is 211 g/mol. The first-order valence-electron chi connectivity index (χ1n) is 6.73. The van der Waals surface area contributed by atoms with Crippen molar-refractivity contribution in [1.82, 2.24) is 5.32 Å². The Balaban J connectivity index is 1.52. The molecule has 15 heavy (non-hydrogen) atoms. The van der Waals surface area contributed by atoms with Crippen molar-refractivity contribution in [3.63, 3.8) is 0 Å². The van der Waals surface area contributed by atoms with Crippen LogP contribution in [0.1, 0.15) is 51.9 Å². The molecule has 2 fully saturated rings. The predicted molar refractivity (Wildman–Crippen MR) is 63.0 cm³/mol. The molecule has 88 valence electrons. The van der Waals surface area contributed by atoms with Crippen LogP contribution in [-0.2, 0) is 4.74 Å². The van der Waals surface area contributed by atoms with Gasteiger partial charge in [-0.2, -0.15) is 0 Å². The van der Waals surface area contributed by atoms with Crippen molar-refractivity contribution in [2.24, 2.45) is 5.92 Å². The van der Waals surface area contributed by atoms with Crippen LogP contribution in [0.4, 0.5) is 0 Å². The van der Waals surface area contributed by atoms with Crippen molar-refractivity contribution in [2.75, 3.05) is 13.2 Å². The molecule has 0 spiro atoms. The molecule has 0 saturated heterocycles. The zero-order valence-electron chi connectivity index (χ0n) is 10.0. The third-order valence-corrected chi connectivity index (χ3v) is 3.98. The summed E-state index contributed by atoms with van der Waals surface area (Å²) in [6.45, 7) is 4.29. The van der Waals surface area contributed by atoms with Gasteiger partial charge in [0.15, 0.2) is 0 Å². The molecule has 0 aromatic rings. The van der Waals surface area contributed by atoms with E-state index in [9.17, 15) is 0 Å². The molecule has 0 radical (unpaired) electrons. The monoisotopic (exact) mass is 211 g/mol. The topological polar surface area (TPSA) is 21.3 Å². The second-order valence-corrected chi connectivity index (χ2v) is 5.15. The third kappa shape index (κ3) is 3.46. The lowest BCUT2D eigenvalue weighted by Crippen LogP contribution is -2.27. The molecule has 0 amide bonds. The molecule has 2 unspecified atom stereocenters. The molecule has 2 aliphatic carbocycles. The Bertz CT molecular complexity index is 179. The van der Waals surface area contributed by atoms with Crippen LogP contribution >= 0.6 is 0 Å². The minimum atomic E-state index is 0.550. The highest BCUT2D eigenvalue weighted by Gasteiger charge is 2.25. The van der Waals surface area contributed by atoms with Gasteiger partial charge in [0.2, 0.25) is 0 Å². The van der Waals surface area contributed by atoms with Crippen molar-refractivity contribution >= 4 is 0 Å². The van der Waals surface area contributed by atoms with E-state index in [1.165, 1.54) is 44.9 Å². The number of hydrogen-bond donors (Lipinski definition) is 1. The van der Waals surface area contributed by atoms with E-state index in [2.05, 4.69) is 12.2 Å². The molecule has 0 aromatic carbocycles. The zero-order valence-corrected chi connectivity index (χ0v) is 10.0. The largest absolute Gasteiger partial charge is 0.378 e. The van der Waals surface area contributed by atoms with Crippen LogP contribution in [-0.4, -0.2) is 25.3 Å². The summed E-state index contributed by atoms with van der Waals surface area (Å²) in [5, 5.41) is 3.52. The lowest BCUT2D eigenvalue weighted by molar-refractivity contribution is 0.0411. The molecule has 1 N–H and O–H groups in total. The Morgan fingerprint density at radius 3 is 2.73 bits per heavy atom. The van der Waals surface area contributed by atoms with Crippen LogP contribution in [0.2, 0.25) is 0 Å². The molecular weight excluding hydrogens is 186 g/mol. The van der Waals surface area contributed by atoms with E-state index in [1.54, 1.807) is 0 Å². The Morgan fingerprint density at radius 1 is 1.20 bits per heavy atom. The molecule has 0 aromatic heterocycles. The zero-order chi connectivity index (χ0) is 10.5. The van der Waals surface area contributed by atoms with E-state index in [-0.39, 0.29) is 0 Å². The first-order chi connectivity index (χ1) is 7.38. The van der Waals surface area contributed by atoms with Gasteiger partial charge in [-0.15, -0.1) is 0 Å². The van der Waals surface area contributed by atoms with Gasteiger partial charge in [0.25, 0.3) is 0 Å². The Labute approximate surface area is 93.8 Å². The van der Waals surface area contributed by atoms with Gasteiger partial charge in [-0.25, -0.2) is 0 Å². The van der Waals surface area contributed by atoms with Crippen LogP contribution in [0.3, 0.4) is 0 Å². The van der Waals surface area contributed by atoms with Crippen LogP contribution in [0, 0.1) is 5.92 Å². The van der Waals surface area contributed by atoms with Crippen LogP contribution in [0.25, 0.3) is 0 Å². The minimum absolute atomic E-state index is 0.550. The second-order valence-electron chi connectivity index (χ2n) is 5.15. The fraction of sp³-hybridized carbons (Fsp3) is 1.00. The summed E-state index contributed by atoms with van der Waals surface area (Å²) in [6, 6.07) is 0.726. The number of hydrogen-bond acceptors (Lipinski definition) is 2. The maximum Gasteiger partial charge on any atom is 0.0590 e. The fourth-order valence-corrected chi connectivity index (χ4v) is 2.75. The van der Waals surface area contributed by atoms with Crippen molar-refractivity contribution in [2.45, 2.75) is 64.0 Å². The predicted octanol–water partition coefficient (Wildman–Crippen LogP) is 2.72. The average Bonchev–Trinajstić information content (AvgIpc) is 2.58. The fourth-order valence-electron chi connectivity index (χ4n) is 2.75. The highest BCUT2D eigenvalue weighted by molar-refractivity contribution is 4.81. The summed E-state index contributed by atoms with van der Waals surface area (Å²) in [5.74, 6) is 0.996. The minimum Gasteiger partial charge on any atom is -0.378 e. The first-order valence-corrected chi connectivity index (χ1v) is 6.73. The molecule has 0 aliphatic heterocycles. The quantitative estimate of drug-likeness (QED) is 0.729. The summed E-state index contributed by atoms with van der Waals surface area (Å²) in [4.78, 5) is 0. The Hall–Kier alpha value is -0.0800. The molecule has 2 saturated carbocycles. The SMILES string of the molecule is CCNC1CCC(OCCC2CCC2)C1. The summed E-state index contributed by atoms with van der Waals surface area (Å²) < 4.78 is 5.95. The normalized spacial score (nSPS) is 31.8. The molecule has 2 atom stereocenters. The highest BCUT2D eigenvalue weighted by Crippen LogP contribution is 2.30.